The van der Waals surface area contributed by atoms with E-state index in [2.05, 4.69) is 17.6 Å². The van der Waals surface area contributed by atoms with Crippen LogP contribution in [0.4, 0.5) is 0 Å². The maximum Gasteiger partial charge on any atom is 0.327 e. The molecule has 0 aliphatic heterocycles. The van der Waals surface area contributed by atoms with E-state index in [1.165, 1.54) is 32.6 Å². The average molecular weight is 242 g/mol. The largest absolute Gasteiger partial charge is 0.480 e. The molecule has 1 aliphatic rings. The van der Waals surface area contributed by atoms with Crippen LogP contribution in [0.5, 0.6) is 0 Å². The van der Waals surface area contributed by atoms with E-state index in [1.54, 1.807) is 0 Å². The van der Waals surface area contributed by atoms with E-state index in [4.69, 9.17) is 5.11 Å². The molecule has 17 heavy (non-hydrogen) atoms. The van der Waals surface area contributed by atoms with Crippen molar-refractivity contribution in [1.82, 2.24) is 10.6 Å². The zero-order valence-electron chi connectivity index (χ0n) is 10.6. The number of amides is 1. The van der Waals surface area contributed by atoms with Crippen LogP contribution in [-0.4, -0.2) is 36.1 Å². The minimum absolute atomic E-state index is 0.282. The summed E-state index contributed by atoms with van der Waals surface area (Å²) in [6.45, 7) is 4.65. The lowest BCUT2D eigenvalue weighted by Gasteiger charge is -2.25. The molecule has 0 radical (unpaired) electrons. The van der Waals surface area contributed by atoms with Crippen LogP contribution >= 0.6 is 0 Å². The Morgan fingerprint density at radius 2 is 1.94 bits per heavy atom. The van der Waals surface area contributed by atoms with Crippen LogP contribution in [0.1, 0.15) is 39.5 Å². The molecule has 98 valence electrons. The molecule has 1 fully saturated rings. The van der Waals surface area contributed by atoms with Crippen LogP contribution in [-0.2, 0) is 9.59 Å². The smallest absolute Gasteiger partial charge is 0.327 e. The molecule has 1 amide bonds. The monoisotopic (exact) mass is 242 g/mol. The zero-order chi connectivity index (χ0) is 12.9. The van der Waals surface area contributed by atoms with E-state index in [-0.39, 0.29) is 12.5 Å². The molecule has 5 heteroatoms. The number of nitrogens with one attached hydrogen (secondary N) is 2. The molecule has 5 nitrogen and oxygen atoms in total. The third-order valence-electron chi connectivity index (χ3n) is 3.39. The second-order valence-corrected chi connectivity index (χ2v) is 5.24. The quantitative estimate of drug-likeness (QED) is 0.642. The molecule has 0 saturated heterocycles. The van der Waals surface area contributed by atoms with Crippen molar-refractivity contribution in [2.75, 3.05) is 13.1 Å². The summed E-state index contributed by atoms with van der Waals surface area (Å²) in [6, 6.07) is -0.836. The summed E-state index contributed by atoms with van der Waals surface area (Å²) in [6.07, 6.45) is 4.90. The Balaban J connectivity index is 2.31. The minimum Gasteiger partial charge on any atom is -0.480 e. The Bertz CT molecular complexity index is 285. The van der Waals surface area contributed by atoms with Crippen LogP contribution in [0.3, 0.4) is 0 Å². The van der Waals surface area contributed by atoms with Crippen molar-refractivity contribution >= 4 is 11.9 Å². The first-order valence-corrected chi connectivity index (χ1v) is 6.14. The Hall–Kier alpha value is -1.10. The number of carbonyl (C=O) groups is 2. The highest BCUT2D eigenvalue weighted by atomic mass is 16.4. The fourth-order valence-electron chi connectivity index (χ4n) is 2.37. The van der Waals surface area contributed by atoms with Crippen molar-refractivity contribution in [3.05, 3.63) is 0 Å². The highest BCUT2D eigenvalue weighted by Crippen LogP contribution is 2.36. The number of hydrogen-bond donors (Lipinski definition) is 3. The number of carbonyl (C=O) groups excluding carboxylic acids is 1. The summed E-state index contributed by atoms with van der Waals surface area (Å²) >= 11 is 0. The summed E-state index contributed by atoms with van der Waals surface area (Å²) in [5.41, 5.74) is 0.291. The van der Waals surface area contributed by atoms with Crippen LogP contribution < -0.4 is 10.6 Å². The molecular weight excluding hydrogens is 220 g/mol. The van der Waals surface area contributed by atoms with Gasteiger partial charge in [-0.2, -0.15) is 0 Å². The minimum atomic E-state index is -0.996. The molecule has 1 atom stereocenters. The van der Waals surface area contributed by atoms with Gasteiger partial charge in [0.2, 0.25) is 5.91 Å². The van der Waals surface area contributed by atoms with Crippen LogP contribution in [0.2, 0.25) is 0 Å². The predicted molar refractivity (Wildman–Crippen MR) is 64.7 cm³/mol. The third kappa shape index (κ3) is 4.73. The summed E-state index contributed by atoms with van der Waals surface area (Å²) in [7, 11) is 0. The van der Waals surface area contributed by atoms with Gasteiger partial charge < -0.3 is 15.7 Å². The maximum atomic E-state index is 10.9. The molecule has 1 unspecified atom stereocenters. The van der Waals surface area contributed by atoms with Gasteiger partial charge in [-0.3, -0.25) is 4.79 Å². The molecule has 0 aromatic rings. The second-order valence-electron chi connectivity index (χ2n) is 5.24. The van der Waals surface area contributed by atoms with Crippen molar-refractivity contribution in [2.24, 2.45) is 5.41 Å². The molecule has 0 aromatic carbocycles. The summed E-state index contributed by atoms with van der Waals surface area (Å²) in [4.78, 5) is 21.7. The van der Waals surface area contributed by atoms with E-state index in [9.17, 15) is 9.59 Å². The van der Waals surface area contributed by atoms with Crippen LogP contribution in [0.15, 0.2) is 0 Å². The van der Waals surface area contributed by atoms with Crippen LogP contribution in [0.25, 0.3) is 0 Å². The second kappa shape index (κ2) is 6.00. The third-order valence-corrected chi connectivity index (χ3v) is 3.39. The van der Waals surface area contributed by atoms with E-state index < -0.39 is 12.0 Å². The summed E-state index contributed by atoms with van der Waals surface area (Å²) in [5, 5.41) is 14.5. The normalized spacial score (nSPS) is 19.9. The van der Waals surface area contributed by atoms with Crippen molar-refractivity contribution < 1.29 is 14.7 Å². The molecular formula is C12H22N2O3. The molecule has 0 spiro atoms. The highest BCUT2D eigenvalue weighted by Gasteiger charge is 2.28. The molecule has 1 rings (SSSR count). The Morgan fingerprint density at radius 1 is 1.35 bits per heavy atom. The van der Waals surface area contributed by atoms with E-state index >= 15 is 0 Å². The predicted octanol–water partition coefficient (Wildman–Crippen LogP) is 0.746. The molecule has 1 aliphatic carbocycles. The molecule has 1 saturated carbocycles. The van der Waals surface area contributed by atoms with Gasteiger partial charge in [0.1, 0.15) is 6.04 Å². The van der Waals surface area contributed by atoms with Gasteiger partial charge in [-0.25, -0.2) is 4.79 Å². The number of aliphatic carboxylic acids is 1. The maximum absolute atomic E-state index is 10.9. The van der Waals surface area contributed by atoms with Gasteiger partial charge in [0.05, 0.1) is 0 Å². The lowest BCUT2D eigenvalue weighted by molar-refractivity contribution is -0.141. The number of carboxylic acids is 1. The SMILES string of the molecule is CC(=O)NC(CNCC1(C)CCCC1)C(=O)O. The van der Waals surface area contributed by atoms with Gasteiger partial charge >= 0.3 is 5.97 Å². The Labute approximate surface area is 102 Å². The Morgan fingerprint density at radius 3 is 2.41 bits per heavy atom. The summed E-state index contributed by atoms with van der Waals surface area (Å²) < 4.78 is 0. The van der Waals surface area contributed by atoms with Crippen molar-refractivity contribution in [1.29, 1.82) is 0 Å². The lowest BCUT2D eigenvalue weighted by Crippen LogP contribution is -2.48. The number of rotatable bonds is 6. The van der Waals surface area contributed by atoms with E-state index in [1.807, 2.05) is 0 Å². The standard InChI is InChI=1S/C12H22N2O3/c1-9(15)14-10(11(16)17)7-13-8-12(2)5-3-4-6-12/h10,13H,3-8H2,1-2H3,(H,14,15)(H,16,17). The van der Waals surface area contributed by atoms with Crippen molar-refractivity contribution in [3.63, 3.8) is 0 Å². The zero-order valence-corrected chi connectivity index (χ0v) is 10.6. The van der Waals surface area contributed by atoms with Gasteiger partial charge in [-0.15, -0.1) is 0 Å². The van der Waals surface area contributed by atoms with Gasteiger partial charge in [0.25, 0.3) is 0 Å². The van der Waals surface area contributed by atoms with Crippen molar-refractivity contribution in [3.8, 4) is 0 Å². The fraction of sp³-hybridized carbons (Fsp3) is 0.833. The number of carboxylic acid groups (broad SMARTS) is 1. The van der Waals surface area contributed by atoms with Gasteiger partial charge in [0, 0.05) is 20.0 Å². The fourth-order valence-corrected chi connectivity index (χ4v) is 2.37. The van der Waals surface area contributed by atoms with Gasteiger partial charge in [0.15, 0.2) is 0 Å². The topological polar surface area (TPSA) is 78.4 Å². The first-order chi connectivity index (χ1) is 7.93. The summed E-state index contributed by atoms with van der Waals surface area (Å²) in [5.74, 6) is -1.31. The van der Waals surface area contributed by atoms with Gasteiger partial charge in [-0.05, 0) is 18.3 Å². The molecule has 0 bridgehead atoms. The molecule has 0 heterocycles. The van der Waals surface area contributed by atoms with Crippen molar-refractivity contribution in [2.45, 2.75) is 45.6 Å². The lowest BCUT2D eigenvalue weighted by atomic mass is 9.89. The number of hydrogen-bond acceptors (Lipinski definition) is 3. The van der Waals surface area contributed by atoms with E-state index in [0.717, 1.165) is 6.54 Å². The highest BCUT2D eigenvalue weighted by molar-refractivity contribution is 5.82. The first-order valence-electron chi connectivity index (χ1n) is 6.14. The first kappa shape index (κ1) is 14.0. The molecule has 0 aromatic heterocycles. The average Bonchev–Trinajstić information content (AvgIpc) is 2.63. The van der Waals surface area contributed by atoms with Gasteiger partial charge in [-0.1, -0.05) is 19.8 Å². The van der Waals surface area contributed by atoms with Crippen LogP contribution in [0, 0.1) is 5.41 Å². The van der Waals surface area contributed by atoms with E-state index in [0.29, 0.717) is 5.41 Å². The Kier molecular flexibility index (Phi) is 4.93. The molecule has 3 N–H and O–H groups in total.